The lowest BCUT2D eigenvalue weighted by atomic mass is 10.1. The molecule has 0 atom stereocenters. The molecule has 1 aromatic rings. The molecule has 3 N–H and O–H groups in total. The summed E-state index contributed by atoms with van der Waals surface area (Å²) in [5.41, 5.74) is 2.24. The maximum atomic E-state index is 11.9. The van der Waals surface area contributed by atoms with Crippen LogP contribution in [-0.4, -0.2) is 17.7 Å². The van der Waals surface area contributed by atoms with E-state index in [1.807, 2.05) is 0 Å². The molecule has 0 amide bonds. The lowest BCUT2D eigenvalue weighted by Gasteiger charge is -2.10. The van der Waals surface area contributed by atoms with Crippen LogP contribution in [-0.2, 0) is 11.3 Å². The first-order valence-corrected chi connectivity index (χ1v) is 5.22. The Bertz CT molecular complexity index is 451. The van der Waals surface area contributed by atoms with Crippen molar-refractivity contribution in [2.45, 2.75) is 19.2 Å². The number of hydrazine groups is 1. The summed E-state index contributed by atoms with van der Waals surface area (Å²) in [5, 5.41) is 10.7. The molecule has 106 valence electrons. The summed E-state index contributed by atoms with van der Waals surface area (Å²) < 4.78 is 40.5. The van der Waals surface area contributed by atoms with E-state index in [4.69, 9.17) is 10.6 Å². The van der Waals surface area contributed by atoms with Gasteiger partial charge in [-0.25, -0.2) is 0 Å². The van der Waals surface area contributed by atoms with Crippen molar-refractivity contribution >= 4 is 11.4 Å². The largest absolute Gasteiger partial charge is 0.391 e. The number of nitro groups is 1. The molecule has 0 aromatic heterocycles. The number of hydrogen-bond acceptors (Lipinski definition) is 5. The fraction of sp³-hybridized carbons (Fsp3) is 0.400. The van der Waals surface area contributed by atoms with Crippen LogP contribution in [0.1, 0.15) is 12.0 Å². The number of nitrogens with one attached hydrogen (secondary N) is 1. The zero-order chi connectivity index (χ0) is 14.5. The van der Waals surface area contributed by atoms with Crippen molar-refractivity contribution in [3.05, 3.63) is 33.9 Å². The number of nitro benzene ring substituents is 1. The van der Waals surface area contributed by atoms with Crippen LogP contribution in [0.15, 0.2) is 18.2 Å². The molecule has 0 fully saturated rings. The molecule has 0 spiro atoms. The molecular weight excluding hydrogens is 267 g/mol. The highest BCUT2D eigenvalue weighted by Crippen LogP contribution is 2.28. The Balaban J connectivity index is 2.68. The maximum absolute atomic E-state index is 11.9. The first-order chi connectivity index (χ1) is 8.85. The lowest BCUT2D eigenvalue weighted by molar-refractivity contribution is -0.384. The van der Waals surface area contributed by atoms with Crippen molar-refractivity contribution in [3.8, 4) is 0 Å². The molecule has 0 unspecified atom stereocenters. The quantitative estimate of drug-likeness (QED) is 0.361. The van der Waals surface area contributed by atoms with Gasteiger partial charge in [-0.2, -0.15) is 13.2 Å². The van der Waals surface area contributed by atoms with Gasteiger partial charge in [0.25, 0.3) is 5.69 Å². The van der Waals surface area contributed by atoms with Crippen molar-refractivity contribution in [1.29, 1.82) is 0 Å². The third-order valence-electron chi connectivity index (χ3n) is 2.26. The lowest BCUT2D eigenvalue weighted by Crippen LogP contribution is -2.14. The van der Waals surface area contributed by atoms with Gasteiger partial charge in [-0.05, 0) is 0 Å². The molecule has 0 saturated carbocycles. The standard InChI is InChI=1S/C10H12F3N3O3/c11-10(12,13)4-5-19-6-7-2-1-3-8(16(17)18)9(7)15-14/h1-3,15H,4-6,14H2. The SMILES string of the molecule is NNc1c(COCCC(F)(F)F)cccc1[N+](=O)[O-]. The highest BCUT2D eigenvalue weighted by Gasteiger charge is 2.26. The Morgan fingerprint density at radius 1 is 1.42 bits per heavy atom. The molecule has 19 heavy (non-hydrogen) atoms. The number of benzene rings is 1. The van der Waals surface area contributed by atoms with Gasteiger partial charge >= 0.3 is 6.18 Å². The van der Waals surface area contributed by atoms with Crippen molar-refractivity contribution in [2.75, 3.05) is 12.0 Å². The number of ether oxygens (including phenoxy) is 1. The van der Waals surface area contributed by atoms with E-state index in [0.29, 0.717) is 5.56 Å². The molecule has 0 aliphatic rings. The monoisotopic (exact) mass is 279 g/mol. The van der Waals surface area contributed by atoms with Crippen LogP contribution in [0.4, 0.5) is 24.5 Å². The van der Waals surface area contributed by atoms with Crippen LogP contribution in [0.2, 0.25) is 0 Å². The number of para-hydroxylation sites is 1. The minimum absolute atomic E-state index is 0.0273. The zero-order valence-corrected chi connectivity index (χ0v) is 9.74. The summed E-state index contributed by atoms with van der Waals surface area (Å²) in [6.07, 6.45) is -5.37. The highest BCUT2D eigenvalue weighted by atomic mass is 19.4. The van der Waals surface area contributed by atoms with Gasteiger partial charge in [0.1, 0.15) is 5.69 Å². The summed E-state index contributed by atoms with van der Waals surface area (Å²) in [5.74, 6) is 5.17. The summed E-state index contributed by atoms with van der Waals surface area (Å²) in [6, 6.07) is 4.12. The molecule has 0 aliphatic carbocycles. The number of nitrogens with zero attached hydrogens (tertiary/aromatic N) is 1. The second-order valence-corrected chi connectivity index (χ2v) is 3.63. The van der Waals surface area contributed by atoms with Gasteiger partial charge in [0.2, 0.25) is 0 Å². The van der Waals surface area contributed by atoms with Gasteiger partial charge in [0.05, 0.1) is 24.6 Å². The van der Waals surface area contributed by atoms with E-state index in [1.165, 1.54) is 18.2 Å². The number of hydrogen-bond donors (Lipinski definition) is 2. The summed E-state index contributed by atoms with van der Waals surface area (Å²) >= 11 is 0. The van der Waals surface area contributed by atoms with Crippen LogP contribution in [0.5, 0.6) is 0 Å². The van der Waals surface area contributed by atoms with Crippen LogP contribution < -0.4 is 11.3 Å². The normalized spacial score (nSPS) is 11.4. The number of anilines is 1. The third-order valence-corrected chi connectivity index (χ3v) is 2.26. The topological polar surface area (TPSA) is 90.4 Å². The van der Waals surface area contributed by atoms with Gasteiger partial charge in [0.15, 0.2) is 0 Å². The average Bonchev–Trinajstić information content (AvgIpc) is 2.32. The summed E-state index contributed by atoms with van der Waals surface area (Å²) in [6.45, 7) is -0.715. The van der Waals surface area contributed by atoms with Crippen LogP contribution in [0.3, 0.4) is 0 Å². The van der Waals surface area contributed by atoms with Crippen molar-refractivity contribution in [3.63, 3.8) is 0 Å². The zero-order valence-electron chi connectivity index (χ0n) is 9.74. The van der Waals surface area contributed by atoms with Crippen LogP contribution >= 0.6 is 0 Å². The minimum Gasteiger partial charge on any atom is -0.376 e. The number of nitrogen functional groups attached to an aromatic ring is 1. The van der Waals surface area contributed by atoms with Crippen molar-refractivity contribution < 1.29 is 22.8 Å². The van der Waals surface area contributed by atoms with Gasteiger partial charge in [-0.1, -0.05) is 12.1 Å². The van der Waals surface area contributed by atoms with Gasteiger partial charge in [-0.15, -0.1) is 0 Å². The molecule has 0 aliphatic heterocycles. The van der Waals surface area contributed by atoms with Gasteiger partial charge in [-0.3, -0.25) is 16.0 Å². The van der Waals surface area contributed by atoms with E-state index in [2.05, 4.69) is 5.43 Å². The van der Waals surface area contributed by atoms with Crippen molar-refractivity contribution in [1.82, 2.24) is 0 Å². The molecule has 0 radical (unpaired) electrons. The molecule has 0 bridgehead atoms. The Morgan fingerprint density at radius 3 is 2.63 bits per heavy atom. The van der Waals surface area contributed by atoms with Gasteiger partial charge < -0.3 is 10.2 Å². The fourth-order valence-electron chi connectivity index (χ4n) is 1.40. The Kier molecular flexibility index (Phi) is 5.07. The average molecular weight is 279 g/mol. The molecule has 1 aromatic carbocycles. The van der Waals surface area contributed by atoms with Crippen molar-refractivity contribution in [2.24, 2.45) is 5.84 Å². The van der Waals surface area contributed by atoms with E-state index in [9.17, 15) is 23.3 Å². The number of nitrogens with two attached hydrogens (primary N) is 1. The maximum Gasteiger partial charge on any atom is 0.391 e. The predicted molar refractivity (Wildman–Crippen MR) is 61.2 cm³/mol. The molecule has 9 heteroatoms. The fourth-order valence-corrected chi connectivity index (χ4v) is 1.40. The molecule has 0 saturated heterocycles. The number of alkyl halides is 3. The summed E-state index contributed by atoms with van der Waals surface area (Å²) in [4.78, 5) is 10.1. The first-order valence-electron chi connectivity index (χ1n) is 5.22. The van der Waals surface area contributed by atoms with E-state index >= 15 is 0 Å². The molecule has 0 heterocycles. The van der Waals surface area contributed by atoms with E-state index < -0.39 is 24.1 Å². The van der Waals surface area contributed by atoms with Crippen LogP contribution in [0, 0.1) is 10.1 Å². The number of halogens is 3. The molecule has 6 nitrogen and oxygen atoms in total. The number of rotatable bonds is 6. The molecular formula is C10H12F3N3O3. The van der Waals surface area contributed by atoms with E-state index in [1.54, 1.807) is 0 Å². The minimum atomic E-state index is -4.29. The van der Waals surface area contributed by atoms with E-state index in [0.717, 1.165) is 0 Å². The van der Waals surface area contributed by atoms with E-state index in [-0.39, 0.29) is 18.0 Å². The Hall–Kier alpha value is -1.87. The Morgan fingerprint density at radius 2 is 2.11 bits per heavy atom. The second-order valence-electron chi connectivity index (χ2n) is 3.63. The predicted octanol–water partition coefficient (Wildman–Crippen LogP) is 2.35. The highest BCUT2D eigenvalue weighted by molar-refractivity contribution is 5.65. The summed E-state index contributed by atoms with van der Waals surface area (Å²) in [7, 11) is 0. The first kappa shape index (κ1) is 15.2. The Labute approximate surface area is 106 Å². The second kappa shape index (κ2) is 6.34. The smallest absolute Gasteiger partial charge is 0.376 e. The van der Waals surface area contributed by atoms with Crippen LogP contribution in [0.25, 0.3) is 0 Å². The third kappa shape index (κ3) is 4.72. The van der Waals surface area contributed by atoms with Gasteiger partial charge in [0, 0.05) is 11.6 Å². The molecule has 1 rings (SSSR count).